The van der Waals surface area contributed by atoms with E-state index in [0.717, 1.165) is 5.69 Å². The standard InChI is InChI=1S/C22H26N2O5S/c1-3-24(18-9-5-4-6-10-18)21(25)17-13-15-23(16-14-17)30(27,28)20-12-8-7-11-19(20)22(26)29-2/h4-12,17H,3,13-16H2,1-2H3. The SMILES string of the molecule is CCN(C(=O)C1CCN(S(=O)(=O)c2ccccc2C(=O)OC)CC1)c1ccccc1. The smallest absolute Gasteiger partial charge is 0.339 e. The van der Waals surface area contributed by atoms with Gasteiger partial charge in [-0.2, -0.15) is 4.31 Å². The van der Waals surface area contributed by atoms with E-state index in [4.69, 9.17) is 4.74 Å². The van der Waals surface area contributed by atoms with Gasteiger partial charge in [0.1, 0.15) is 0 Å². The second-order valence-corrected chi connectivity index (χ2v) is 8.99. The number of piperidine rings is 1. The Morgan fingerprint density at radius 2 is 1.63 bits per heavy atom. The van der Waals surface area contributed by atoms with Crippen molar-refractivity contribution in [3.05, 3.63) is 60.2 Å². The molecular weight excluding hydrogens is 404 g/mol. The molecule has 0 radical (unpaired) electrons. The molecule has 1 aliphatic rings. The zero-order valence-corrected chi connectivity index (χ0v) is 18.0. The van der Waals surface area contributed by atoms with Crippen molar-refractivity contribution < 1.29 is 22.7 Å². The summed E-state index contributed by atoms with van der Waals surface area (Å²) < 4.78 is 32.3. The van der Waals surface area contributed by atoms with Crippen molar-refractivity contribution >= 4 is 27.6 Å². The number of ether oxygens (including phenoxy) is 1. The molecule has 0 spiro atoms. The van der Waals surface area contributed by atoms with E-state index < -0.39 is 16.0 Å². The molecule has 2 aromatic rings. The Kier molecular flexibility index (Phi) is 6.89. The number of hydrogen-bond donors (Lipinski definition) is 0. The lowest BCUT2D eigenvalue weighted by molar-refractivity contribution is -0.123. The van der Waals surface area contributed by atoms with Crippen LogP contribution in [-0.4, -0.2) is 51.3 Å². The quantitative estimate of drug-likeness (QED) is 0.658. The highest BCUT2D eigenvalue weighted by molar-refractivity contribution is 7.89. The fraction of sp³-hybridized carbons (Fsp3) is 0.364. The Morgan fingerprint density at radius 1 is 1.03 bits per heavy atom. The number of sulfonamides is 1. The first kappa shape index (κ1) is 22.0. The van der Waals surface area contributed by atoms with Gasteiger partial charge in [-0.05, 0) is 44.0 Å². The van der Waals surface area contributed by atoms with Gasteiger partial charge in [-0.3, -0.25) is 4.79 Å². The van der Waals surface area contributed by atoms with Gasteiger partial charge >= 0.3 is 5.97 Å². The number of para-hydroxylation sites is 1. The first-order valence-electron chi connectivity index (χ1n) is 9.94. The van der Waals surface area contributed by atoms with Crippen molar-refractivity contribution in [3.63, 3.8) is 0 Å². The fourth-order valence-electron chi connectivity index (χ4n) is 3.75. The number of hydrogen-bond acceptors (Lipinski definition) is 5. The third-order valence-corrected chi connectivity index (χ3v) is 7.32. The van der Waals surface area contributed by atoms with Gasteiger partial charge in [0.2, 0.25) is 15.9 Å². The maximum Gasteiger partial charge on any atom is 0.339 e. The summed E-state index contributed by atoms with van der Waals surface area (Å²) in [5, 5.41) is 0. The van der Waals surface area contributed by atoms with Crippen LogP contribution in [0.2, 0.25) is 0 Å². The van der Waals surface area contributed by atoms with E-state index in [2.05, 4.69) is 0 Å². The molecule has 0 aromatic heterocycles. The normalized spacial score (nSPS) is 15.5. The van der Waals surface area contributed by atoms with Gasteiger partial charge in [0.15, 0.2) is 0 Å². The molecule has 1 heterocycles. The molecule has 7 nitrogen and oxygen atoms in total. The second kappa shape index (κ2) is 9.40. The number of methoxy groups -OCH3 is 1. The van der Waals surface area contributed by atoms with E-state index in [-0.39, 0.29) is 35.4 Å². The molecule has 2 aromatic carbocycles. The molecular formula is C22H26N2O5S. The summed E-state index contributed by atoms with van der Waals surface area (Å²) >= 11 is 0. The largest absolute Gasteiger partial charge is 0.465 e. The summed E-state index contributed by atoms with van der Waals surface area (Å²) in [7, 11) is -2.65. The van der Waals surface area contributed by atoms with Crippen LogP contribution in [0.15, 0.2) is 59.5 Å². The zero-order valence-electron chi connectivity index (χ0n) is 17.2. The average Bonchev–Trinajstić information content (AvgIpc) is 2.79. The first-order chi connectivity index (χ1) is 14.4. The minimum absolute atomic E-state index is 0.00992. The number of carbonyl (C=O) groups is 2. The van der Waals surface area contributed by atoms with Crippen LogP contribution in [0.25, 0.3) is 0 Å². The van der Waals surface area contributed by atoms with Crippen LogP contribution in [0.4, 0.5) is 5.69 Å². The highest BCUT2D eigenvalue weighted by atomic mass is 32.2. The summed E-state index contributed by atoms with van der Waals surface area (Å²) in [6.45, 7) is 2.92. The van der Waals surface area contributed by atoms with Crippen LogP contribution in [0.5, 0.6) is 0 Å². The van der Waals surface area contributed by atoms with E-state index in [0.29, 0.717) is 19.4 Å². The Bertz CT molecular complexity index is 999. The topological polar surface area (TPSA) is 84.0 Å². The predicted octanol–water partition coefficient (Wildman–Crippen LogP) is 2.93. The van der Waals surface area contributed by atoms with Crippen molar-refractivity contribution in [3.8, 4) is 0 Å². The Labute approximate surface area is 177 Å². The predicted molar refractivity (Wildman–Crippen MR) is 114 cm³/mol. The third kappa shape index (κ3) is 4.39. The Balaban J connectivity index is 1.74. The number of rotatable bonds is 6. The van der Waals surface area contributed by atoms with Crippen molar-refractivity contribution in [2.75, 3.05) is 31.6 Å². The fourth-order valence-corrected chi connectivity index (χ4v) is 5.40. The average molecular weight is 431 g/mol. The van der Waals surface area contributed by atoms with Crippen LogP contribution in [-0.2, 0) is 19.6 Å². The van der Waals surface area contributed by atoms with Crippen molar-refractivity contribution in [2.24, 2.45) is 5.92 Å². The van der Waals surface area contributed by atoms with Crippen LogP contribution >= 0.6 is 0 Å². The van der Waals surface area contributed by atoms with Crippen LogP contribution in [0.1, 0.15) is 30.1 Å². The molecule has 1 amide bonds. The molecule has 0 bridgehead atoms. The number of anilines is 1. The zero-order chi connectivity index (χ0) is 21.7. The number of benzene rings is 2. The molecule has 8 heteroatoms. The maximum absolute atomic E-state index is 13.1. The van der Waals surface area contributed by atoms with Crippen molar-refractivity contribution in [2.45, 2.75) is 24.7 Å². The molecule has 0 N–H and O–H groups in total. The second-order valence-electron chi connectivity index (χ2n) is 7.08. The van der Waals surface area contributed by atoms with Gasteiger partial charge in [0.25, 0.3) is 0 Å². The van der Waals surface area contributed by atoms with Crippen molar-refractivity contribution in [1.82, 2.24) is 4.31 Å². The number of carbonyl (C=O) groups excluding carboxylic acids is 2. The number of amides is 1. The highest BCUT2D eigenvalue weighted by Crippen LogP contribution is 2.28. The van der Waals surface area contributed by atoms with Gasteiger partial charge in [-0.1, -0.05) is 30.3 Å². The van der Waals surface area contributed by atoms with E-state index in [9.17, 15) is 18.0 Å². The van der Waals surface area contributed by atoms with Crippen molar-refractivity contribution in [1.29, 1.82) is 0 Å². The minimum Gasteiger partial charge on any atom is -0.465 e. The molecule has 1 saturated heterocycles. The van der Waals surface area contributed by atoms with E-state index >= 15 is 0 Å². The summed E-state index contributed by atoms with van der Waals surface area (Å²) in [5.41, 5.74) is 0.853. The van der Waals surface area contributed by atoms with Gasteiger partial charge in [0, 0.05) is 31.2 Å². The molecule has 30 heavy (non-hydrogen) atoms. The van der Waals surface area contributed by atoms with Crippen LogP contribution in [0, 0.1) is 5.92 Å². The molecule has 160 valence electrons. The third-order valence-electron chi connectivity index (χ3n) is 5.36. The maximum atomic E-state index is 13.1. The summed E-state index contributed by atoms with van der Waals surface area (Å²) in [4.78, 5) is 26.7. The summed E-state index contributed by atoms with van der Waals surface area (Å²) in [6, 6.07) is 15.5. The van der Waals surface area contributed by atoms with Gasteiger partial charge in [-0.15, -0.1) is 0 Å². The minimum atomic E-state index is -3.87. The van der Waals surface area contributed by atoms with E-state index in [1.807, 2.05) is 37.3 Å². The molecule has 3 rings (SSSR count). The summed E-state index contributed by atoms with van der Waals surface area (Å²) in [5.74, 6) is -0.927. The monoisotopic (exact) mass is 430 g/mol. The molecule has 0 unspecified atom stereocenters. The van der Waals surface area contributed by atoms with Gasteiger partial charge in [-0.25, -0.2) is 13.2 Å². The lowest BCUT2D eigenvalue weighted by Crippen LogP contribution is -2.44. The molecule has 0 atom stereocenters. The van der Waals surface area contributed by atoms with Crippen LogP contribution < -0.4 is 4.90 Å². The molecule has 0 saturated carbocycles. The molecule has 1 fully saturated rings. The lowest BCUT2D eigenvalue weighted by Gasteiger charge is -2.33. The molecule has 1 aliphatic heterocycles. The Hall–Kier alpha value is -2.71. The van der Waals surface area contributed by atoms with Gasteiger partial charge < -0.3 is 9.64 Å². The van der Waals surface area contributed by atoms with E-state index in [1.54, 1.807) is 17.0 Å². The number of nitrogens with zero attached hydrogens (tertiary/aromatic N) is 2. The highest BCUT2D eigenvalue weighted by Gasteiger charge is 2.35. The van der Waals surface area contributed by atoms with Gasteiger partial charge in [0.05, 0.1) is 17.6 Å². The first-order valence-corrected chi connectivity index (χ1v) is 11.4. The Morgan fingerprint density at radius 3 is 2.23 bits per heavy atom. The van der Waals surface area contributed by atoms with E-state index in [1.165, 1.54) is 23.5 Å². The summed E-state index contributed by atoms with van der Waals surface area (Å²) in [6.07, 6.45) is 0.865. The molecule has 0 aliphatic carbocycles. The lowest BCUT2D eigenvalue weighted by atomic mass is 9.96. The van der Waals surface area contributed by atoms with Crippen LogP contribution in [0.3, 0.4) is 0 Å². The number of esters is 1.